The molecule has 0 saturated carbocycles. The number of hydrogen-bond acceptors (Lipinski definition) is 3. The first kappa shape index (κ1) is 20.7. The Hall–Kier alpha value is -0.340. The standard InChI is InChI=1S/C17H30N4S.HI/c1-4-18-17(19-11-14(2)16-8-6-10-22-16)20-12-15-7-5-9-21(3)13-15;/h6,8,10,14-15H,4-5,7,9,11-13H2,1-3H3,(H2,18,19,20);1H. The van der Waals surface area contributed by atoms with Crippen LogP contribution in [0.15, 0.2) is 22.5 Å². The number of hydrogen-bond donors (Lipinski definition) is 2. The molecule has 2 atom stereocenters. The summed E-state index contributed by atoms with van der Waals surface area (Å²) < 4.78 is 0. The Morgan fingerprint density at radius 2 is 2.30 bits per heavy atom. The predicted octanol–water partition coefficient (Wildman–Crippen LogP) is 3.37. The molecule has 0 aliphatic carbocycles. The lowest BCUT2D eigenvalue weighted by Gasteiger charge is -2.30. The Labute approximate surface area is 162 Å². The molecule has 1 fully saturated rings. The molecule has 2 rings (SSSR count). The van der Waals surface area contributed by atoms with Crippen molar-refractivity contribution in [1.29, 1.82) is 0 Å². The average Bonchev–Trinajstić information content (AvgIpc) is 3.04. The Morgan fingerprint density at radius 1 is 1.48 bits per heavy atom. The fraction of sp³-hybridized carbons (Fsp3) is 0.706. The highest BCUT2D eigenvalue weighted by Crippen LogP contribution is 2.20. The van der Waals surface area contributed by atoms with Gasteiger partial charge in [-0.3, -0.25) is 4.99 Å². The Balaban J connectivity index is 0.00000264. The molecule has 1 aliphatic heterocycles. The zero-order valence-electron chi connectivity index (χ0n) is 14.5. The molecular weight excluding hydrogens is 419 g/mol. The number of piperidine rings is 1. The van der Waals surface area contributed by atoms with E-state index in [2.05, 4.69) is 53.9 Å². The summed E-state index contributed by atoms with van der Waals surface area (Å²) in [6.07, 6.45) is 2.63. The maximum Gasteiger partial charge on any atom is 0.191 e. The van der Waals surface area contributed by atoms with Gasteiger partial charge in [-0.2, -0.15) is 0 Å². The third-order valence-corrected chi connectivity index (χ3v) is 5.28. The minimum atomic E-state index is 0. The van der Waals surface area contributed by atoms with Crippen LogP contribution in [0.3, 0.4) is 0 Å². The third-order valence-electron chi connectivity index (χ3n) is 4.18. The summed E-state index contributed by atoms with van der Waals surface area (Å²) in [5.41, 5.74) is 0. The lowest BCUT2D eigenvalue weighted by atomic mass is 9.99. The molecule has 1 aliphatic rings. The topological polar surface area (TPSA) is 39.7 Å². The summed E-state index contributed by atoms with van der Waals surface area (Å²) >= 11 is 1.82. The van der Waals surface area contributed by atoms with Gasteiger partial charge in [-0.15, -0.1) is 35.3 Å². The molecule has 0 radical (unpaired) electrons. The molecule has 4 nitrogen and oxygen atoms in total. The second kappa shape index (κ2) is 11.3. The summed E-state index contributed by atoms with van der Waals surface area (Å²) in [5.74, 6) is 2.17. The van der Waals surface area contributed by atoms with Crippen LogP contribution in [-0.4, -0.2) is 50.6 Å². The van der Waals surface area contributed by atoms with Crippen molar-refractivity contribution in [3.05, 3.63) is 22.4 Å². The van der Waals surface area contributed by atoms with Crippen molar-refractivity contribution in [2.24, 2.45) is 10.9 Å². The van der Waals surface area contributed by atoms with E-state index in [4.69, 9.17) is 4.99 Å². The molecule has 1 aromatic heterocycles. The lowest BCUT2D eigenvalue weighted by molar-refractivity contribution is 0.210. The van der Waals surface area contributed by atoms with Gasteiger partial charge < -0.3 is 15.5 Å². The van der Waals surface area contributed by atoms with E-state index in [1.165, 1.54) is 30.8 Å². The second-order valence-corrected chi connectivity index (χ2v) is 7.27. The monoisotopic (exact) mass is 450 g/mol. The Kier molecular flexibility index (Phi) is 10.1. The van der Waals surface area contributed by atoms with Crippen LogP contribution in [-0.2, 0) is 0 Å². The first-order chi connectivity index (χ1) is 10.7. The average molecular weight is 450 g/mol. The van der Waals surface area contributed by atoms with Gasteiger partial charge in [0, 0.05) is 30.4 Å². The largest absolute Gasteiger partial charge is 0.357 e. The highest BCUT2D eigenvalue weighted by Gasteiger charge is 2.17. The van der Waals surface area contributed by atoms with Crippen LogP contribution in [0.1, 0.15) is 37.5 Å². The van der Waals surface area contributed by atoms with E-state index in [9.17, 15) is 0 Å². The molecule has 132 valence electrons. The van der Waals surface area contributed by atoms with E-state index < -0.39 is 0 Å². The van der Waals surface area contributed by atoms with Crippen molar-refractivity contribution in [3.63, 3.8) is 0 Å². The number of nitrogens with zero attached hydrogens (tertiary/aromatic N) is 2. The predicted molar refractivity (Wildman–Crippen MR) is 112 cm³/mol. The maximum absolute atomic E-state index is 4.76. The van der Waals surface area contributed by atoms with E-state index >= 15 is 0 Å². The van der Waals surface area contributed by atoms with Crippen LogP contribution in [0.4, 0.5) is 0 Å². The maximum atomic E-state index is 4.76. The number of halogens is 1. The summed E-state index contributed by atoms with van der Waals surface area (Å²) in [5, 5.41) is 9.03. The minimum absolute atomic E-state index is 0. The van der Waals surface area contributed by atoms with E-state index in [0.29, 0.717) is 5.92 Å². The fourth-order valence-electron chi connectivity index (χ4n) is 2.91. The van der Waals surface area contributed by atoms with Gasteiger partial charge in [-0.25, -0.2) is 0 Å². The molecule has 0 bridgehead atoms. The molecule has 23 heavy (non-hydrogen) atoms. The van der Waals surface area contributed by atoms with Crippen LogP contribution >= 0.6 is 35.3 Å². The Bertz CT molecular complexity index is 449. The molecule has 6 heteroatoms. The van der Waals surface area contributed by atoms with Gasteiger partial charge in [0.25, 0.3) is 0 Å². The molecule has 0 amide bonds. The van der Waals surface area contributed by atoms with Crippen LogP contribution in [0.25, 0.3) is 0 Å². The molecule has 2 unspecified atom stereocenters. The highest BCUT2D eigenvalue weighted by atomic mass is 127. The summed E-state index contributed by atoms with van der Waals surface area (Å²) in [4.78, 5) is 8.60. The molecule has 2 N–H and O–H groups in total. The second-order valence-electron chi connectivity index (χ2n) is 6.29. The van der Waals surface area contributed by atoms with Crippen molar-refractivity contribution in [1.82, 2.24) is 15.5 Å². The number of guanidine groups is 1. The van der Waals surface area contributed by atoms with Gasteiger partial charge in [0.05, 0.1) is 6.54 Å². The van der Waals surface area contributed by atoms with Gasteiger partial charge in [-0.05, 0) is 50.7 Å². The zero-order chi connectivity index (χ0) is 15.8. The summed E-state index contributed by atoms with van der Waals surface area (Å²) in [6, 6.07) is 4.31. The molecular formula is C17H31IN4S. The smallest absolute Gasteiger partial charge is 0.191 e. The van der Waals surface area contributed by atoms with E-state index in [1.807, 2.05) is 11.3 Å². The first-order valence-electron chi connectivity index (χ1n) is 8.43. The fourth-order valence-corrected chi connectivity index (χ4v) is 3.69. The Morgan fingerprint density at radius 3 is 2.96 bits per heavy atom. The van der Waals surface area contributed by atoms with Gasteiger partial charge in [0.2, 0.25) is 0 Å². The summed E-state index contributed by atoms with van der Waals surface area (Å²) in [7, 11) is 2.22. The quantitative estimate of drug-likeness (QED) is 0.397. The van der Waals surface area contributed by atoms with Gasteiger partial charge in [0.15, 0.2) is 5.96 Å². The van der Waals surface area contributed by atoms with Crippen molar-refractivity contribution < 1.29 is 0 Å². The van der Waals surface area contributed by atoms with E-state index in [1.54, 1.807) is 0 Å². The molecule has 0 aromatic carbocycles. The SMILES string of the molecule is CCNC(=NCC(C)c1cccs1)NCC1CCCN(C)C1.I. The van der Waals surface area contributed by atoms with Gasteiger partial charge in [0.1, 0.15) is 0 Å². The van der Waals surface area contributed by atoms with Gasteiger partial charge in [-0.1, -0.05) is 13.0 Å². The van der Waals surface area contributed by atoms with Crippen LogP contribution in [0.2, 0.25) is 0 Å². The van der Waals surface area contributed by atoms with Crippen molar-refractivity contribution in [2.75, 3.05) is 39.8 Å². The minimum Gasteiger partial charge on any atom is -0.357 e. The van der Waals surface area contributed by atoms with Crippen molar-refractivity contribution >= 4 is 41.3 Å². The number of aliphatic imine (C=N–C) groups is 1. The number of rotatable bonds is 6. The van der Waals surface area contributed by atoms with Crippen molar-refractivity contribution in [3.8, 4) is 0 Å². The van der Waals surface area contributed by atoms with Crippen LogP contribution < -0.4 is 10.6 Å². The zero-order valence-corrected chi connectivity index (χ0v) is 17.7. The molecule has 2 heterocycles. The number of thiophene rings is 1. The number of nitrogens with one attached hydrogen (secondary N) is 2. The van der Waals surface area contributed by atoms with E-state index in [0.717, 1.165) is 31.5 Å². The number of likely N-dealkylation sites (tertiary alicyclic amines) is 1. The molecule has 0 spiro atoms. The normalized spacial score (nSPS) is 20.7. The molecule has 1 saturated heterocycles. The highest BCUT2D eigenvalue weighted by molar-refractivity contribution is 14.0. The van der Waals surface area contributed by atoms with E-state index in [-0.39, 0.29) is 24.0 Å². The van der Waals surface area contributed by atoms with Crippen LogP contribution in [0, 0.1) is 5.92 Å². The van der Waals surface area contributed by atoms with Crippen molar-refractivity contribution in [2.45, 2.75) is 32.6 Å². The van der Waals surface area contributed by atoms with Crippen LogP contribution in [0.5, 0.6) is 0 Å². The molecule has 1 aromatic rings. The lowest BCUT2D eigenvalue weighted by Crippen LogP contribution is -2.43. The summed E-state index contributed by atoms with van der Waals surface area (Å²) in [6.45, 7) is 9.55. The first-order valence-corrected chi connectivity index (χ1v) is 9.31. The third kappa shape index (κ3) is 7.39. The van der Waals surface area contributed by atoms with Gasteiger partial charge >= 0.3 is 0 Å².